The van der Waals surface area contributed by atoms with Crippen LogP contribution in [0.5, 0.6) is 0 Å². The summed E-state index contributed by atoms with van der Waals surface area (Å²) in [5.41, 5.74) is 1.05. The van der Waals surface area contributed by atoms with Gasteiger partial charge >= 0.3 is 12.1 Å². The highest BCUT2D eigenvalue weighted by atomic mass is 19.1. The molecule has 0 aromatic carbocycles. The van der Waals surface area contributed by atoms with Gasteiger partial charge in [-0.25, -0.2) is 19.0 Å². The van der Waals surface area contributed by atoms with Gasteiger partial charge in [0.25, 0.3) is 5.91 Å². The molecule has 1 fully saturated rings. The topological polar surface area (TPSA) is 178 Å². The van der Waals surface area contributed by atoms with Gasteiger partial charge in [-0.2, -0.15) is 5.10 Å². The van der Waals surface area contributed by atoms with Crippen LogP contribution in [0, 0.1) is 11.8 Å². The number of aliphatic hydroxyl groups is 1. The average molecular weight is 671 g/mol. The number of esters is 1. The molecule has 48 heavy (non-hydrogen) atoms. The van der Waals surface area contributed by atoms with E-state index in [1.807, 2.05) is 0 Å². The minimum absolute atomic E-state index is 0.00633. The number of amides is 3. The van der Waals surface area contributed by atoms with Crippen molar-refractivity contribution in [2.75, 3.05) is 25.0 Å². The Labute approximate surface area is 278 Å². The average Bonchev–Trinajstić information content (AvgIpc) is 3.80. The molecule has 1 saturated heterocycles. The Morgan fingerprint density at radius 2 is 2.08 bits per heavy atom. The van der Waals surface area contributed by atoms with Gasteiger partial charge in [0.2, 0.25) is 5.91 Å². The number of ether oxygens (including phenoxy) is 2. The van der Waals surface area contributed by atoms with E-state index in [1.165, 1.54) is 27.9 Å². The quantitative estimate of drug-likeness (QED) is 0.409. The van der Waals surface area contributed by atoms with Gasteiger partial charge in [-0.1, -0.05) is 43.7 Å². The normalized spacial score (nSPS) is 26.1. The second-order valence-corrected chi connectivity index (χ2v) is 12.2. The van der Waals surface area contributed by atoms with Gasteiger partial charge in [-0.15, -0.1) is 0 Å². The van der Waals surface area contributed by atoms with Crippen LogP contribution in [-0.4, -0.2) is 92.8 Å². The molecule has 3 amide bonds. The highest BCUT2D eigenvalue weighted by Gasteiger charge is 2.39. The van der Waals surface area contributed by atoms with Crippen LogP contribution in [-0.2, 0) is 32.5 Å². The summed E-state index contributed by atoms with van der Waals surface area (Å²) in [5, 5.41) is 19.6. The van der Waals surface area contributed by atoms with Crippen molar-refractivity contribution in [3.05, 3.63) is 66.2 Å². The van der Waals surface area contributed by atoms with Crippen LogP contribution in [0.1, 0.15) is 56.4 Å². The van der Waals surface area contributed by atoms with Crippen molar-refractivity contribution in [2.45, 2.75) is 70.9 Å². The number of rotatable bonds is 4. The Morgan fingerprint density at radius 3 is 2.83 bits per heavy atom. The number of alkyl halides is 1. The molecule has 260 valence electrons. The van der Waals surface area contributed by atoms with Crippen LogP contribution in [0.4, 0.5) is 14.9 Å². The second-order valence-electron chi connectivity index (χ2n) is 12.2. The fraction of sp³-hybridized carbons (Fsp3) is 0.515. The number of nitrogens with zero attached hydrogens (tertiary/aromatic N) is 4. The molecular formula is C33H43FN6O8. The largest absolute Gasteiger partial charge is 0.460 e. The first-order valence-electron chi connectivity index (χ1n) is 15.9. The second kappa shape index (κ2) is 16.9. The van der Waals surface area contributed by atoms with Crippen molar-refractivity contribution < 1.29 is 42.6 Å². The molecule has 2 aromatic rings. The van der Waals surface area contributed by atoms with E-state index in [9.17, 15) is 28.7 Å². The van der Waals surface area contributed by atoms with Crippen molar-refractivity contribution in [1.82, 2.24) is 25.0 Å². The molecule has 0 saturated carbocycles. The number of carbonyl (C=O) groups is 4. The minimum atomic E-state index is -1.50. The molecule has 4 rings (SSSR count). The number of halogens is 1. The molecule has 0 spiro atoms. The number of nitrogens with one attached hydrogen (secondary N) is 2. The zero-order valence-corrected chi connectivity index (χ0v) is 27.5. The first-order chi connectivity index (χ1) is 22.9. The third kappa shape index (κ3) is 10.4. The van der Waals surface area contributed by atoms with Crippen molar-refractivity contribution in [3.63, 3.8) is 0 Å². The molecule has 2 aromatic heterocycles. The first-order valence-corrected chi connectivity index (χ1v) is 15.9. The number of aryl methyl sites for hydroxylation is 1. The summed E-state index contributed by atoms with van der Waals surface area (Å²) in [6, 6.07) is -0.922. The molecular weight excluding hydrogens is 627 g/mol. The van der Waals surface area contributed by atoms with E-state index in [2.05, 4.69) is 20.7 Å². The van der Waals surface area contributed by atoms with E-state index in [-0.39, 0.29) is 44.1 Å². The van der Waals surface area contributed by atoms with Crippen molar-refractivity contribution >= 4 is 29.6 Å². The third-order valence-electron chi connectivity index (χ3n) is 7.99. The van der Waals surface area contributed by atoms with Gasteiger partial charge in [0.1, 0.15) is 24.6 Å². The summed E-state index contributed by atoms with van der Waals surface area (Å²) in [4.78, 5) is 57.5. The lowest BCUT2D eigenvalue weighted by Gasteiger charge is -2.30. The summed E-state index contributed by atoms with van der Waals surface area (Å²) in [6.07, 6.45) is 8.31. The molecule has 2 aliphatic heterocycles. The maximum atomic E-state index is 14.8. The lowest BCUT2D eigenvalue weighted by atomic mass is 9.93. The van der Waals surface area contributed by atoms with Crippen LogP contribution < -0.4 is 10.6 Å². The lowest BCUT2D eigenvalue weighted by Crippen LogP contribution is -2.44. The van der Waals surface area contributed by atoms with E-state index < -0.39 is 60.1 Å². The van der Waals surface area contributed by atoms with E-state index in [4.69, 9.17) is 13.9 Å². The smallest absolute Gasteiger partial charge is 0.411 e. The Kier molecular flexibility index (Phi) is 12.7. The molecule has 2 bridgehead atoms. The van der Waals surface area contributed by atoms with Crippen LogP contribution in [0.2, 0.25) is 0 Å². The summed E-state index contributed by atoms with van der Waals surface area (Å²) in [7, 11) is 1.71. The van der Waals surface area contributed by atoms with Crippen LogP contribution in [0.3, 0.4) is 0 Å². The predicted molar refractivity (Wildman–Crippen MR) is 171 cm³/mol. The van der Waals surface area contributed by atoms with E-state index >= 15 is 0 Å². The highest BCUT2D eigenvalue weighted by Crippen LogP contribution is 2.26. The van der Waals surface area contributed by atoms with Gasteiger partial charge in [0, 0.05) is 44.6 Å². The van der Waals surface area contributed by atoms with E-state index in [0.29, 0.717) is 24.1 Å². The highest BCUT2D eigenvalue weighted by molar-refractivity contribution is 5.95. The molecule has 15 heteroatoms. The minimum Gasteiger partial charge on any atom is -0.460 e. The Balaban J connectivity index is 1.54. The standard InChI is InChI=1S/C33H43FN6O8/c1-20-7-5-11-35-28(42)10-9-21(2)30(22(3)18-47-33(45)37-24-16-36-39(4)17-24)48-32(44)27-8-6-12-40(27)31(43)26-19-46-29(38-26)15-23(34)14-25(41)13-20/h5,7,9-10,13,16-17,19,21-23,25,27,30,41H,6,8,11-12,14-15,18H2,1-4H3,(H,35,42)(H,37,45)/b7-5?,10-9+,20-13?/t21-,22-,23-,25-,27-,30+/m1/s1. The van der Waals surface area contributed by atoms with E-state index in [0.717, 1.165) is 6.26 Å². The summed E-state index contributed by atoms with van der Waals surface area (Å²) in [5.74, 6) is -2.63. The monoisotopic (exact) mass is 670 g/mol. The number of carbonyl (C=O) groups excluding carboxylic acids is 4. The SMILES string of the molecule is CC1=C[C@@H](O)C[C@@H](F)Cc2nc(co2)C(=O)N2CCC[C@@H]2C(=O)O[C@H]([C@H](C)COC(=O)Nc2cnn(C)c2)[C@H](C)/C=C/C(=O)NCC=C1. The molecule has 2 aliphatic rings. The van der Waals surface area contributed by atoms with Crippen molar-refractivity contribution in [3.8, 4) is 0 Å². The summed E-state index contributed by atoms with van der Waals surface area (Å²) >= 11 is 0. The fourth-order valence-corrected chi connectivity index (χ4v) is 5.57. The number of allylic oxidation sites excluding steroid dienone is 2. The fourth-order valence-electron chi connectivity index (χ4n) is 5.57. The molecule has 0 radical (unpaired) electrons. The summed E-state index contributed by atoms with van der Waals surface area (Å²) in [6.45, 7) is 5.59. The number of hydrogen-bond donors (Lipinski definition) is 3. The van der Waals surface area contributed by atoms with Gasteiger partial charge < -0.3 is 29.2 Å². The molecule has 0 unspecified atom stereocenters. The molecule has 0 aliphatic carbocycles. The number of oxazole rings is 1. The van der Waals surface area contributed by atoms with Crippen molar-refractivity contribution in [2.24, 2.45) is 18.9 Å². The number of aliphatic hydroxyl groups excluding tert-OH is 1. The number of cyclic esters (lactones) is 1. The maximum Gasteiger partial charge on any atom is 0.411 e. The number of aromatic nitrogens is 3. The lowest BCUT2D eigenvalue weighted by molar-refractivity contribution is -0.159. The van der Waals surface area contributed by atoms with Gasteiger partial charge in [-0.05, 0) is 25.8 Å². The number of hydrogen-bond acceptors (Lipinski definition) is 10. The molecule has 3 N–H and O–H groups in total. The van der Waals surface area contributed by atoms with Gasteiger partial charge in [-0.3, -0.25) is 19.6 Å². The Bertz CT molecular complexity index is 1530. The Morgan fingerprint density at radius 1 is 1.29 bits per heavy atom. The molecule has 6 atom stereocenters. The van der Waals surface area contributed by atoms with Crippen LogP contribution in [0.15, 0.2) is 59.0 Å². The first kappa shape index (κ1) is 36.1. The number of anilines is 1. The maximum absolute atomic E-state index is 14.8. The van der Waals surface area contributed by atoms with E-state index in [1.54, 1.807) is 52.2 Å². The molecule has 4 heterocycles. The zero-order chi connectivity index (χ0) is 34.8. The zero-order valence-electron chi connectivity index (χ0n) is 27.5. The van der Waals surface area contributed by atoms with Crippen molar-refractivity contribution in [1.29, 1.82) is 0 Å². The summed E-state index contributed by atoms with van der Waals surface area (Å²) < 4.78 is 33.1. The van der Waals surface area contributed by atoms with Crippen LogP contribution in [0.25, 0.3) is 0 Å². The number of fused-ring (bicyclic) bond motifs is 3. The predicted octanol–water partition coefficient (Wildman–Crippen LogP) is 3.27. The van der Waals surface area contributed by atoms with Gasteiger partial charge in [0.15, 0.2) is 11.6 Å². The Hall–Kier alpha value is -4.79. The molecule has 14 nitrogen and oxygen atoms in total. The van der Waals surface area contributed by atoms with Crippen LogP contribution >= 0.6 is 0 Å². The van der Waals surface area contributed by atoms with Gasteiger partial charge in [0.05, 0.1) is 31.0 Å². The third-order valence-corrected chi connectivity index (χ3v) is 7.99.